The van der Waals surface area contributed by atoms with Crippen molar-refractivity contribution in [1.29, 1.82) is 0 Å². The molecule has 2 heterocycles. The van der Waals surface area contributed by atoms with E-state index in [2.05, 4.69) is 0 Å². The molecule has 2 unspecified atom stereocenters. The van der Waals surface area contributed by atoms with Crippen LogP contribution in [0, 0.1) is 0 Å². The first kappa shape index (κ1) is 28.2. The Morgan fingerprint density at radius 1 is 0.927 bits per heavy atom. The minimum absolute atomic E-state index is 0.412. The molecule has 0 spiro atoms. The fourth-order valence-corrected chi connectivity index (χ4v) is 7.11. The molecule has 0 saturated carbocycles. The predicted octanol–water partition coefficient (Wildman–Crippen LogP) is 2.86. The summed E-state index contributed by atoms with van der Waals surface area (Å²) < 4.78 is 48.7. The van der Waals surface area contributed by atoms with Crippen LogP contribution in [-0.2, 0) is 44.2 Å². The smallest absolute Gasteiger partial charge is 0.359 e. The van der Waals surface area contributed by atoms with Gasteiger partial charge in [0.1, 0.15) is 11.4 Å². The second kappa shape index (κ2) is 11.3. The van der Waals surface area contributed by atoms with Gasteiger partial charge in [0.2, 0.25) is 5.91 Å². The fraction of sp³-hybridized carbons (Fsp3) is 0.207. The first-order valence-electron chi connectivity index (χ1n) is 12.6. The van der Waals surface area contributed by atoms with Crippen LogP contribution in [0.2, 0.25) is 0 Å². The monoisotopic (exact) mass is 594 g/mol. The molecule has 0 N–H and O–H groups in total. The van der Waals surface area contributed by atoms with E-state index in [1.165, 1.54) is 11.8 Å². The van der Waals surface area contributed by atoms with Gasteiger partial charge >= 0.3 is 16.1 Å². The van der Waals surface area contributed by atoms with Crippen LogP contribution in [-0.4, -0.2) is 58.7 Å². The number of β-lactam (4-membered cyclic amide) rings is 1. The van der Waals surface area contributed by atoms with Crippen LogP contribution in [0.25, 0.3) is 0 Å². The fourth-order valence-electron chi connectivity index (χ4n) is 4.94. The Hall–Kier alpha value is -4.29. The molecular formula is C29H26N2O8S2. The van der Waals surface area contributed by atoms with Crippen LogP contribution in [0.15, 0.2) is 102 Å². The molecule has 0 radical (unpaired) electrons. The van der Waals surface area contributed by atoms with Gasteiger partial charge in [-0.15, -0.1) is 0 Å². The Bertz CT molecular complexity index is 1600. The number of hydrogen-bond acceptors (Lipinski definition) is 8. The van der Waals surface area contributed by atoms with Crippen molar-refractivity contribution in [3.8, 4) is 0 Å². The van der Waals surface area contributed by atoms with Gasteiger partial charge in [-0.3, -0.25) is 23.6 Å². The lowest BCUT2D eigenvalue weighted by molar-refractivity contribution is -0.154. The van der Waals surface area contributed by atoms with E-state index in [1.807, 2.05) is 0 Å². The molecule has 2 aliphatic heterocycles. The summed E-state index contributed by atoms with van der Waals surface area (Å²) in [7, 11) is -6.09. The highest BCUT2D eigenvalue weighted by atomic mass is 32.2. The number of nitrogens with zero attached hydrogens (tertiary/aromatic N) is 2. The summed E-state index contributed by atoms with van der Waals surface area (Å²) in [5.41, 5.74) is 1.21. The molecule has 3 aromatic carbocycles. The number of hydrogen-bond donors (Lipinski definition) is 0. The lowest BCUT2D eigenvalue weighted by Crippen LogP contribution is -2.74. The van der Waals surface area contributed by atoms with E-state index in [0.29, 0.717) is 16.8 Å². The average Bonchev–Trinajstić information content (AvgIpc) is 2.94. The standard InChI is InChI=1S/C29H26N2O8S2/c1-19(32)30(22-16-10-5-11-17-22)25-27(33)31-24(23(39-41(2,36)37)18-40(35)28(25)31)29(34)38-26(20-12-6-3-7-13-20)21-14-8-4-9-15-21/h3-17,25-26,28H,18H2,1-2H3/t25?,28-,40?/m0/s1. The van der Waals surface area contributed by atoms with Gasteiger partial charge in [-0.1, -0.05) is 78.9 Å². The number of esters is 1. The Balaban J connectivity index is 1.56. The highest BCUT2D eigenvalue weighted by Crippen LogP contribution is 2.41. The number of carbonyl (C=O) groups excluding carboxylic acids is 3. The van der Waals surface area contributed by atoms with E-state index in [9.17, 15) is 27.0 Å². The molecule has 0 bridgehead atoms. The van der Waals surface area contributed by atoms with Crippen LogP contribution < -0.4 is 4.90 Å². The summed E-state index contributed by atoms with van der Waals surface area (Å²) >= 11 is 0. The third-order valence-corrected chi connectivity index (χ3v) is 8.65. The molecule has 0 aliphatic carbocycles. The van der Waals surface area contributed by atoms with Gasteiger partial charge in [0, 0.05) is 12.6 Å². The summed E-state index contributed by atoms with van der Waals surface area (Å²) in [6.45, 7) is 1.28. The molecule has 10 nitrogen and oxygen atoms in total. The highest BCUT2D eigenvalue weighted by molar-refractivity contribution is 7.87. The molecule has 3 atom stereocenters. The number of ether oxygens (including phenoxy) is 1. The van der Waals surface area contributed by atoms with E-state index < -0.39 is 73.4 Å². The molecule has 3 aromatic rings. The number of anilines is 1. The maximum Gasteiger partial charge on any atom is 0.359 e. The van der Waals surface area contributed by atoms with Crippen LogP contribution in [0.1, 0.15) is 24.2 Å². The van der Waals surface area contributed by atoms with Crippen molar-refractivity contribution < 1.29 is 35.9 Å². The Labute approximate surface area is 239 Å². The SMILES string of the molecule is CC(=O)N(c1ccccc1)C1C(=O)N2C(C(=O)OC(c3ccccc3)c3ccccc3)=C(OS(C)(=O)=O)CS(=O)[C@@H]12. The number of carbonyl (C=O) groups is 3. The van der Waals surface area contributed by atoms with Crippen LogP contribution in [0.3, 0.4) is 0 Å². The molecule has 5 rings (SSSR count). The van der Waals surface area contributed by atoms with Crippen molar-refractivity contribution in [2.24, 2.45) is 0 Å². The van der Waals surface area contributed by atoms with Crippen LogP contribution in [0.4, 0.5) is 5.69 Å². The third-order valence-electron chi connectivity index (χ3n) is 6.59. The maximum absolute atomic E-state index is 13.8. The molecule has 1 fully saturated rings. The first-order valence-corrected chi connectivity index (χ1v) is 15.7. The quantitative estimate of drug-likeness (QED) is 0.221. The van der Waals surface area contributed by atoms with E-state index in [4.69, 9.17) is 8.92 Å². The van der Waals surface area contributed by atoms with E-state index in [-0.39, 0.29) is 0 Å². The summed E-state index contributed by atoms with van der Waals surface area (Å²) in [6, 6.07) is 25.0. The van der Waals surface area contributed by atoms with Gasteiger partial charge in [-0.2, -0.15) is 8.42 Å². The summed E-state index contributed by atoms with van der Waals surface area (Å²) in [4.78, 5) is 42.3. The molecule has 2 amide bonds. The second-order valence-corrected chi connectivity index (χ2v) is 12.6. The Morgan fingerprint density at radius 2 is 1.44 bits per heavy atom. The number of para-hydroxylation sites is 1. The number of rotatable bonds is 8. The lowest BCUT2D eigenvalue weighted by atomic mass is 10.0. The predicted molar refractivity (Wildman–Crippen MR) is 151 cm³/mol. The van der Waals surface area contributed by atoms with Gasteiger partial charge < -0.3 is 8.92 Å². The van der Waals surface area contributed by atoms with Gasteiger partial charge in [0.05, 0.1) is 22.8 Å². The van der Waals surface area contributed by atoms with Crippen LogP contribution in [0.5, 0.6) is 0 Å². The van der Waals surface area contributed by atoms with Gasteiger partial charge in [-0.05, 0) is 23.3 Å². The van der Waals surface area contributed by atoms with Crippen molar-refractivity contribution in [2.75, 3.05) is 16.9 Å². The van der Waals surface area contributed by atoms with Crippen molar-refractivity contribution in [1.82, 2.24) is 4.90 Å². The van der Waals surface area contributed by atoms with Crippen LogP contribution >= 0.6 is 0 Å². The third kappa shape index (κ3) is 5.66. The van der Waals surface area contributed by atoms with E-state index in [1.54, 1.807) is 91.0 Å². The summed E-state index contributed by atoms with van der Waals surface area (Å²) in [5, 5.41) is -1.13. The molecule has 212 valence electrons. The van der Waals surface area contributed by atoms with Gasteiger partial charge in [0.25, 0.3) is 5.91 Å². The van der Waals surface area contributed by atoms with Crippen molar-refractivity contribution in [3.63, 3.8) is 0 Å². The molecule has 41 heavy (non-hydrogen) atoms. The largest absolute Gasteiger partial charge is 0.448 e. The van der Waals surface area contributed by atoms with E-state index in [0.717, 1.165) is 11.2 Å². The zero-order valence-corrected chi connectivity index (χ0v) is 23.7. The molecular weight excluding hydrogens is 568 g/mol. The second-order valence-electron chi connectivity index (χ2n) is 9.46. The molecule has 1 saturated heterocycles. The normalized spacial score (nSPS) is 20.2. The summed E-state index contributed by atoms with van der Waals surface area (Å²) in [6.07, 6.45) is -0.129. The first-order chi connectivity index (χ1) is 19.6. The Kier molecular flexibility index (Phi) is 7.78. The average molecular weight is 595 g/mol. The number of amides is 2. The van der Waals surface area contributed by atoms with Crippen molar-refractivity contribution in [2.45, 2.75) is 24.4 Å². The molecule has 2 aliphatic rings. The van der Waals surface area contributed by atoms with Crippen molar-refractivity contribution in [3.05, 3.63) is 114 Å². The number of fused-ring (bicyclic) bond motifs is 1. The summed E-state index contributed by atoms with van der Waals surface area (Å²) in [5.74, 6) is -3.17. The van der Waals surface area contributed by atoms with Crippen molar-refractivity contribution >= 4 is 44.4 Å². The minimum Gasteiger partial charge on any atom is -0.448 e. The maximum atomic E-state index is 13.8. The topological polar surface area (TPSA) is 127 Å². The van der Waals surface area contributed by atoms with Gasteiger partial charge in [0.15, 0.2) is 17.6 Å². The highest BCUT2D eigenvalue weighted by Gasteiger charge is 2.60. The van der Waals surface area contributed by atoms with Gasteiger partial charge in [-0.25, -0.2) is 4.79 Å². The zero-order chi connectivity index (χ0) is 29.3. The van der Waals surface area contributed by atoms with E-state index >= 15 is 0 Å². The lowest BCUT2D eigenvalue weighted by Gasteiger charge is -2.52. The number of benzene rings is 3. The molecule has 12 heteroatoms. The Morgan fingerprint density at radius 3 is 1.93 bits per heavy atom. The molecule has 0 aromatic heterocycles. The zero-order valence-electron chi connectivity index (χ0n) is 22.1. The minimum atomic E-state index is -4.17.